The van der Waals surface area contributed by atoms with Gasteiger partial charge in [0, 0.05) is 12.7 Å². The fourth-order valence-corrected chi connectivity index (χ4v) is 3.52. The molecule has 0 aliphatic heterocycles. The third-order valence-corrected chi connectivity index (χ3v) is 5.15. The quantitative estimate of drug-likeness (QED) is 0.879. The number of benzene rings is 1. The second-order valence-electron chi connectivity index (χ2n) is 6.90. The van der Waals surface area contributed by atoms with E-state index in [0.29, 0.717) is 12.3 Å². The number of nitrogens with one attached hydrogen (secondary N) is 1. The van der Waals surface area contributed by atoms with Crippen LogP contribution in [0, 0.1) is 11.8 Å². The molecule has 1 heterocycles. The van der Waals surface area contributed by atoms with Crippen LogP contribution in [0.4, 0.5) is 0 Å². The molecule has 1 aliphatic carbocycles. The molecule has 0 spiro atoms. The second-order valence-corrected chi connectivity index (χ2v) is 6.90. The Hall–Kier alpha value is -2.10. The third kappa shape index (κ3) is 4.47. The highest BCUT2D eigenvalue weighted by molar-refractivity contribution is 5.78. The smallest absolute Gasteiger partial charge is 0.224 e. The summed E-state index contributed by atoms with van der Waals surface area (Å²) in [6.07, 6.45) is 10.6. The van der Waals surface area contributed by atoms with Gasteiger partial charge in [-0.1, -0.05) is 44.4 Å². The van der Waals surface area contributed by atoms with Crippen molar-refractivity contribution in [2.24, 2.45) is 11.8 Å². The summed E-state index contributed by atoms with van der Waals surface area (Å²) in [5.74, 6) is 1.66. The molecule has 0 radical (unpaired) electrons. The number of hydrogen-bond donors (Lipinski definition) is 1. The fourth-order valence-electron chi connectivity index (χ4n) is 3.52. The Balaban J connectivity index is 1.45. The van der Waals surface area contributed by atoms with Crippen molar-refractivity contribution in [2.45, 2.75) is 45.4 Å². The average molecular weight is 325 g/mol. The summed E-state index contributed by atoms with van der Waals surface area (Å²) in [6, 6.07) is 9.95. The van der Waals surface area contributed by atoms with Crippen molar-refractivity contribution in [1.82, 2.24) is 15.1 Å². The lowest BCUT2D eigenvalue weighted by atomic mass is 9.81. The first-order chi connectivity index (χ1) is 11.7. The first-order valence-electron chi connectivity index (χ1n) is 9.10. The van der Waals surface area contributed by atoms with E-state index in [0.717, 1.165) is 23.7 Å². The van der Waals surface area contributed by atoms with Crippen LogP contribution in [0.25, 0.3) is 5.69 Å². The molecule has 1 aliphatic rings. The van der Waals surface area contributed by atoms with Crippen LogP contribution in [0.15, 0.2) is 42.7 Å². The van der Waals surface area contributed by atoms with Gasteiger partial charge in [0.1, 0.15) is 0 Å². The summed E-state index contributed by atoms with van der Waals surface area (Å²) in [5.41, 5.74) is 1.96. The van der Waals surface area contributed by atoms with E-state index < -0.39 is 0 Å². The molecule has 24 heavy (non-hydrogen) atoms. The number of amides is 1. The van der Waals surface area contributed by atoms with Crippen molar-refractivity contribution in [1.29, 1.82) is 0 Å². The van der Waals surface area contributed by atoms with Gasteiger partial charge >= 0.3 is 0 Å². The summed E-state index contributed by atoms with van der Waals surface area (Å²) >= 11 is 0. The van der Waals surface area contributed by atoms with Crippen LogP contribution in [-0.2, 0) is 11.2 Å². The fraction of sp³-hybridized carbons (Fsp3) is 0.500. The standard InChI is InChI=1S/C20H27N3O/c1-2-16-8-10-17(11-9-16)13-21-20(24)12-18-14-22-23(15-18)19-6-4-3-5-7-19/h3-7,14-17H,2,8-13H2,1H3,(H,21,24). The van der Waals surface area contributed by atoms with Crippen LogP contribution in [0.5, 0.6) is 0 Å². The van der Waals surface area contributed by atoms with Gasteiger partial charge in [0.2, 0.25) is 5.91 Å². The Kier molecular flexibility index (Phi) is 5.68. The third-order valence-electron chi connectivity index (χ3n) is 5.15. The molecule has 0 bridgehead atoms. The van der Waals surface area contributed by atoms with E-state index in [2.05, 4.69) is 17.3 Å². The van der Waals surface area contributed by atoms with Crippen LogP contribution in [0.3, 0.4) is 0 Å². The van der Waals surface area contributed by atoms with Crippen LogP contribution >= 0.6 is 0 Å². The molecule has 3 rings (SSSR count). The average Bonchev–Trinajstić information content (AvgIpc) is 3.09. The minimum atomic E-state index is 0.0974. The van der Waals surface area contributed by atoms with Gasteiger partial charge in [-0.05, 0) is 42.4 Å². The molecule has 128 valence electrons. The van der Waals surface area contributed by atoms with Crippen molar-refractivity contribution in [3.8, 4) is 5.69 Å². The molecule has 1 amide bonds. The Labute approximate surface area is 144 Å². The predicted octanol–water partition coefficient (Wildman–Crippen LogP) is 3.75. The molecule has 0 saturated heterocycles. The number of nitrogens with zero attached hydrogens (tertiary/aromatic N) is 2. The Morgan fingerprint density at radius 1 is 1.17 bits per heavy atom. The number of aromatic nitrogens is 2. The van der Waals surface area contributed by atoms with E-state index in [4.69, 9.17) is 0 Å². The zero-order valence-electron chi connectivity index (χ0n) is 14.4. The minimum Gasteiger partial charge on any atom is -0.356 e. The van der Waals surface area contributed by atoms with Crippen molar-refractivity contribution < 1.29 is 4.79 Å². The van der Waals surface area contributed by atoms with Crippen LogP contribution in [-0.4, -0.2) is 22.2 Å². The molecule has 4 nitrogen and oxygen atoms in total. The highest BCUT2D eigenvalue weighted by atomic mass is 16.1. The minimum absolute atomic E-state index is 0.0974. The van der Waals surface area contributed by atoms with Gasteiger partial charge in [-0.15, -0.1) is 0 Å². The van der Waals surface area contributed by atoms with Crippen LogP contribution in [0.2, 0.25) is 0 Å². The molecule has 1 aromatic carbocycles. The maximum Gasteiger partial charge on any atom is 0.224 e. The van der Waals surface area contributed by atoms with Gasteiger partial charge in [-0.25, -0.2) is 4.68 Å². The van der Waals surface area contributed by atoms with E-state index in [1.807, 2.05) is 41.2 Å². The molecule has 2 aromatic rings. The van der Waals surface area contributed by atoms with Gasteiger partial charge in [-0.2, -0.15) is 5.10 Å². The zero-order chi connectivity index (χ0) is 16.8. The lowest BCUT2D eigenvalue weighted by Gasteiger charge is -2.27. The molecule has 1 fully saturated rings. The van der Waals surface area contributed by atoms with Crippen LogP contribution < -0.4 is 5.32 Å². The van der Waals surface area contributed by atoms with Gasteiger partial charge in [-0.3, -0.25) is 4.79 Å². The van der Waals surface area contributed by atoms with E-state index in [1.54, 1.807) is 6.20 Å². The zero-order valence-corrected chi connectivity index (χ0v) is 14.4. The molecule has 1 saturated carbocycles. The second kappa shape index (κ2) is 8.13. The molecular weight excluding hydrogens is 298 g/mol. The Bertz CT molecular complexity index is 642. The summed E-state index contributed by atoms with van der Waals surface area (Å²) in [6.45, 7) is 3.10. The SMILES string of the molecule is CCC1CCC(CNC(=O)Cc2cnn(-c3ccccc3)c2)CC1. The molecule has 1 N–H and O–H groups in total. The lowest BCUT2D eigenvalue weighted by Crippen LogP contribution is -2.32. The van der Waals surface area contributed by atoms with Crippen molar-refractivity contribution in [3.63, 3.8) is 0 Å². The number of carbonyl (C=O) groups excluding carboxylic acids is 1. The van der Waals surface area contributed by atoms with Gasteiger partial charge in [0.25, 0.3) is 0 Å². The number of carbonyl (C=O) groups is 1. The molecule has 1 aromatic heterocycles. The number of para-hydroxylation sites is 1. The molecule has 0 atom stereocenters. The van der Waals surface area contributed by atoms with Gasteiger partial charge < -0.3 is 5.32 Å². The summed E-state index contributed by atoms with van der Waals surface area (Å²) in [4.78, 5) is 12.2. The predicted molar refractivity (Wildman–Crippen MR) is 96.0 cm³/mol. The highest BCUT2D eigenvalue weighted by Gasteiger charge is 2.20. The van der Waals surface area contributed by atoms with Gasteiger partial charge in [0.15, 0.2) is 0 Å². The maximum atomic E-state index is 12.2. The number of hydrogen-bond acceptors (Lipinski definition) is 2. The van der Waals surface area contributed by atoms with Crippen molar-refractivity contribution in [3.05, 3.63) is 48.3 Å². The molecule has 0 unspecified atom stereocenters. The summed E-state index contributed by atoms with van der Waals surface area (Å²) in [7, 11) is 0. The van der Waals surface area contributed by atoms with E-state index in [9.17, 15) is 4.79 Å². The lowest BCUT2D eigenvalue weighted by molar-refractivity contribution is -0.120. The van der Waals surface area contributed by atoms with E-state index >= 15 is 0 Å². The number of rotatable bonds is 6. The maximum absolute atomic E-state index is 12.2. The normalized spacial score (nSPS) is 20.7. The monoisotopic (exact) mass is 325 g/mol. The molecular formula is C20H27N3O. The first-order valence-corrected chi connectivity index (χ1v) is 9.10. The largest absolute Gasteiger partial charge is 0.356 e. The van der Waals surface area contributed by atoms with E-state index in [-0.39, 0.29) is 5.91 Å². The summed E-state index contributed by atoms with van der Waals surface area (Å²) in [5, 5.41) is 7.45. The molecule has 4 heteroatoms. The van der Waals surface area contributed by atoms with Crippen LogP contribution in [0.1, 0.15) is 44.6 Å². The Morgan fingerprint density at radius 2 is 1.88 bits per heavy atom. The summed E-state index contributed by atoms with van der Waals surface area (Å²) < 4.78 is 1.81. The first kappa shape index (κ1) is 16.7. The van der Waals surface area contributed by atoms with Crippen molar-refractivity contribution >= 4 is 5.91 Å². The Morgan fingerprint density at radius 3 is 2.58 bits per heavy atom. The topological polar surface area (TPSA) is 46.9 Å². The highest BCUT2D eigenvalue weighted by Crippen LogP contribution is 2.30. The van der Waals surface area contributed by atoms with Crippen molar-refractivity contribution in [2.75, 3.05) is 6.54 Å². The van der Waals surface area contributed by atoms with Gasteiger partial charge in [0.05, 0.1) is 18.3 Å². The van der Waals surface area contributed by atoms with E-state index in [1.165, 1.54) is 32.1 Å².